The quantitative estimate of drug-likeness (QED) is 0.461. The van der Waals surface area contributed by atoms with Crippen LogP contribution in [-0.4, -0.2) is 33.5 Å². The molecule has 3 N–H and O–H groups in total. The van der Waals surface area contributed by atoms with Gasteiger partial charge in [0.2, 0.25) is 0 Å². The van der Waals surface area contributed by atoms with E-state index in [-0.39, 0.29) is 11.4 Å². The fraction of sp³-hybridized carbons (Fsp3) is 0.150. The number of ether oxygens (including phenoxy) is 1. The van der Waals surface area contributed by atoms with Gasteiger partial charge in [-0.15, -0.1) is 0 Å². The molecule has 138 valence electrons. The molecule has 2 aromatic carbocycles. The lowest BCUT2D eigenvalue weighted by Crippen LogP contribution is -2.19. The molecular formula is C20H20N4O3. The van der Waals surface area contributed by atoms with E-state index < -0.39 is 5.91 Å². The first-order valence-electron chi connectivity index (χ1n) is 8.50. The number of benzene rings is 2. The largest absolute Gasteiger partial charge is 0.508 e. The minimum atomic E-state index is -0.415. The van der Waals surface area contributed by atoms with Gasteiger partial charge in [0.05, 0.1) is 18.0 Å². The molecule has 0 fully saturated rings. The zero-order chi connectivity index (χ0) is 19.2. The Morgan fingerprint density at radius 2 is 2.04 bits per heavy atom. The number of nitrogens with zero attached hydrogens (tertiary/aromatic N) is 2. The second kappa shape index (κ2) is 8.18. The van der Waals surface area contributed by atoms with E-state index in [1.807, 2.05) is 31.2 Å². The third-order valence-electron chi connectivity index (χ3n) is 3.87. The Balaban J connectivity index is 1.75. The van der Waals surface area contributed by atoms with Crippen molar-refractivity contribution in [2.24, 2.45) is 5.10 Å². The highest BCUT2D eigenvalue weighted by atomic mass is 16.5. The Hall–Kier alpha value is -3.61. The number of carbonyl (C=O) groups excluding carboxylic acids is 1. The SMILES string of the molecule is CCOc1ccccc1-c1cc(C(=O)N/N=C(/C)c2cccc(O)c2)[nH]n1. The average Bonchev–Trinajstić information content (AvgIpc) is 3.16. The van der Waals surface area contributed by atoms with Crippen molar-refractivity contribution in [3.63, 3.8) is 0 Å². The molecule has 3 rings (SSSR count). The zero-order valence-corrected chi connectivity index (χ0v) is 15.1. The van der Waals surface area contributed by atoms with Crippen molar-refractivity contribution in [2.45, 2.75) is 13.8 Å². The number of nitrogens with one attached hydrogen (secondary N) is 2. The molecule has 1 aromatic heterocycles. The molecule has 0 aliphatic carbocycles. The Morgan fingerprint density at radius 3 is 2.81 bits per heavy atom. The summed E-state index contributed by atoms with van der Waals surface area (Å²) in [6.07, 6.45) is 0. The lowest BCUT2D eigenvalue weighted by Gasteiger charge is -2.07. The van der Waals surface area contributed by atoms with Gasteiger partial charge in [-0.2, -0.15) is 10.2 Å². The molecule has 1 heterocycles. The van der Waals surface area contributed by atoms with Crippen molar-refractivity contribution in [3.8, 4) is 22.8 Å². The topological polar surface area (TPSA) is 99.6 Å². The predicted octanol–water partition coefficient (Wildman–Crippen LogP) is 3.34. The predicted molar refractivity (Wildman–Crippen MR) is 103 cm³/mol. The summed E-state index contributed by atoms with van der Waals surface area (Å²) in [6.45, 7) is 4.19. The van der Waals surface area contributed by atoms with Crippen LogP contribution in [0.3, 0.4) is 0 Å². The third kappa shape index (κ3) is 4.33. The molecule has 7 heteroatoms. The molecule has 0 aliphatic heterocycles. The van der Waals surface area contributed by atoms with Crippen LogP contribution < -0.4 is 10.2 Å². The number of aromatic hydroxyl groups is 1. The second-order valence-electron chi connectivity index (χ2n) is 5.78. The molecule has 0 spiro atoms. The first kappa shape index (κ1) is 18.2. The summed E-state index contributed by atoms with van der Waals surface area (Å²) < 4.78 is 5.60. The molecule has 0 bridgehead atoms. The number of hydrogen-bond acceptors (Lipinski definition) is 5. The van der Waals surface area contributed by atoms with E-state index in [0.717, 1.165) is 5.56 Å². The van der Waals surface area contributed by atoms with E-state index in [1.165, 1.54) is 0 Å². The number of hydrazone groups is 1. The van der Waals surface area contributed by atoms with Crippen molar-refractivity contribution in [1.29, 1.82) is 0 Å². The molecule has 1 amide bonds. The fourth-order valence-electron chi connectivity index (χ4n) is 2.53. The highest BCUT2D eigenvalue weighted by molar-refractivity contribution is 6.00. The van der Waals surface area contributed by atoms with Gasteiger partial charge in [-0.3, -0.25) is 9.89 Å². The Bertz CT molecular complexity index is 979. The van der Waals surface area contributed by atoms with Crippen LogP contribution in [0.1, 0.15) is 29.9 Å². The number of phenols is 1. The molecule has 0 saturated carbocycles. The number of carbonyl (C=O) groups is 1. The summed E-state index contributed by atoms with van der Waals surface area (Å²) in [7, 11) is 0. The molecule has 0 atom stereocenters. The Kier molecular flexibility index (Phi) is 5.51. The van der Waals surface area contributed by atoms with Crippen LogP contribution in [0.25, 0.3) is 11.3 Å². The Labute approximate surface area is 156 Å². The van der Waals surface area contributed by atoms with Gasteiger partial charge < -0.3 is 9.84 Å². The third-order valence-corrected chi connectivity index (χ3v) is 3.87. The van der Waals surface area contributed by atoms with Gasteiger partial charge in [0.1, 0.15) is 17.2 Å². The maximum atomic E-state index is 12.3. The van der Waals surface area contributed by atoms with E-state index in [2.05, 4.69) is 20.7 Å². The average molecular weight is 364 g/mol. The number of phenolic OH excluding ortho intramolecular Hbond substituents is 1. The highest BCUT2D eigenvalue weighted by Gasteiger charge is 2.13. The standard InChI is InChI=1S/C20H20N4O3/c1-3-27-19-10-5-4-9-16(19)17-12-18(23-22-17)20(26)24-21-13(2)14-7-6-8-15(25)11-14/h4-12,25H,3H2,1-2H3,(H,22,23)(H,24,26)/b21-13-. The number of H-pyrrole nitrogens is 1. The summed E-state index contributed by atoms with van der Waals surface area (Å²) >= 11 is 0. The number of aromatic nitrogens is 2. The molecule has 27 heavy (non-hydrogen) atoms. The van der Waals surface area contributed by atoms with Crippen molar-refractivity contribution in [3.05, 3.63) is 65.9 Å². The van der Waals surface area contributed by atoms with E-state index in [9.17, 15) is 9.90 Å². The maximum absolute atomic E-state index is 12.3. The number of hydrogen-bond donors (Lipinski definition) is 3. The maximum Gasteiger partial charge on any atom is 0.289 e. The van der Waals surface area contributed by atoms with Crippen LogP contribution >= 0.6 is 0 Å². The number of rotatable bonds is 6. The highest BCUT2D eigenvalue weighted by Crippen LogP contribution is 2.28. The molecule has 7 nitrogen and oxygen atoms in total. The second-order valence-corrected chi connectivity index (χ2v) is 5.78. The van der Waals surface area contributed by atoms with Crippen LogP contribution in [0, 0.1) is 0 Å². The summed E-state index contributed by atoms with van der Waals surface area (Å²) in [5, 5.41) is 20.5. The first-order chi connectivity index (χ1) is 13.1. The minimum absolute atomic E-state index is 0.138. The van der Waals surface area contributed by atoms with Crippen LogP contribution in [0.15, 0.2) is 59.7 Å². The van der Waals surface area contributed by atoms with Crippen molar-refractivity contribution < 1.29 is 14.6 Å². The summed E-state index contributed by atoms with van der Waals surface area (Å²) in [6, 6.07) is 15.8. The monoisotopic (exact) mass is 364 g/mol. The van der Waals surface area contributed by atoms with Crippen LogP contribution in [0.4, 0.5) is 0 Å². The summed E-state index contributed by atoms with van der Waals surface area (Å²) in [4.78, 5) is 12.3. The van der Waals surface area contributed by atoms with Crippen LogP contribution in [0.2, 0.25) is 0 Å². The van der Waals surface area contributed by atoms with Gasteiger partial charge in [0.25, 0.3) is 5.91 Å². The van der Waals surface area contributed by atoms with Gasteiger partial charge >= 0.3 is 0 Å². The molecule has 0 aliphatic rings. The molecular weight excluding hydrogens is 344 g/mol. The smallest absolute Gasteiger partial charge is 0.289 e. The number of amides is 1. The van der Waals surface area contributed by atoms with E-state index in [0.29, 0.717) is 29.3 Å². The van der Waals surface area contributed by atoms with Gasteiger partial charge in [0, 0.05) is 11.1 Å². The number of aromatic amines is 1. The van der Waals surface area contributed by atoms with Crippen molar-refractivity contribution in [1.82, 2.24) is 15.6 Å². The molecule has 0 saturated heterocycles. The van der Waals surface area contributed by atoms with E-state index >= 15 is 0 Å². The number of para-hydroxylation sites is 1. The summed E-state index contributed by atoms with van der Waals surface area (Å²) in [5.74, 6) is 0.429. The van der Waals surface area contributed by atoms with Crippen LogP contribution in [-0.2, 0) is 0 Å². The van der Waals surface area contributed by atoms with E-state index in [1.54, 1.807) is 37.3 Å². The van der Waals surface area contributed by atoms with Crippen molar-refractivity contribution in [2.75, 3.05) is 6.61 Å². The van der Waals surface area contributed by atoms with Crippen molar-refractivity contribution >= 4 is 11.6 Å². The molecule has 0 radical (unpaired) electrons. The van der Waals surface area contributed by atoms with Crippen LogP contribution in [0.5, 0.6) is 11.5 Å². The zero-order valence-electron chi connectivity index (χ0n) is 15.1. The molecule has 3 aromatic rings. The van der Waals surface area contributed by atoms with Gasteiger partial charge in [-0.25, -0.2) is 5.43 Å². The first-order valence-corrected chi connectivity index (χ1v) is 8.50. The van der Waals surface area contributed by atoms with Gasteiger partial charge in [-0.05, 0) is 44.2 Å². The lowest BCUT2D eigenvalue weighted by molar-refractivity contribution is 0.0950. The Morgan fingerprint density at radius 1 is 1.22 bits per heavy atom. The lowest BCUT2D eigenvalue weighted by atomic mass is 10.1. The molecule has 0 unspecified atom stereocenters. The normalized spacial score (nSPS) is 11.3. The minimum Gasteiger partial charge on any atom is -0.508 e. The fourth-order valence-corrected chi connectivity index (χ4v) is 2.53. The van der Waals surface area contributed by atoms with E-state index in [4.69, 9.17) is 4.74 Å². The van der Waals surface area contributed by atoms with Gasteiger partial charge in [0.15, 0.2) is 0 Å². The summed E-state index contributed by atoms with van der Waals surface area (Å²) in [5.41, 5.74) is 5.46. The van der Waals surface area contributed by atoms with Gasteiger partial charge in [-0.1, -0.05) is 24.3 Å².